The first kappa shape index (κ1) is 10.0. The Balaban J connectivity index is 3.06. The van der Waals surface area contributed by atoms with E-state index in [4.69, 9.17) is 10.0 Å². The minimum atomic E-state index is -1.58. The van der Waals surface area contributed by atoms with E-state index in [9.17, 15) is 5.11 Å². The normalized spacial score (nSPS) is 10.5. The average Bonchev–Trinajstić information content (AvgIpc) is 2.03. The van der Waals surface area contributed by atoms with E-state index in [1.807, 2.05) is 13.8 Å². The zero-order chi connectivity index (χ0) is 10.0. The zero-order valence-corrected chi connectivity index (χ0v) is 7.60. The van der Waals surface area contributed by atoms with E-state index >= 15 is 0 Å². The Morgan fingerprint density at radius 3 is 2.38 bits per heavy atom. The topological polar surface area (TPSA) is 73.6 Å². The molecule has 0 fully saturated rings. The molecule has 0 aliphatic carbocycles. The van der Waals surface area contributed by atoms with Crippen molar-refractivity contribution in [2.75, 3.05) is 0 Å². The first-order valence-corrected chi connectivity index (χ1v) is 4.07. The molecule has 0 saturated heterocycles. The van der Waals surface area contributed by atoms with Gasteiger partial charge in [0.2, 0.25) is 0 Å². The number of pyridine rings is 1. The molecule has 1 aromatic rings. The van der Waals surface area contributed by atoms with Gasteiger partial charge in [-0.05, 0) is 12.0 Å². The maximum atomic E-state index is 9.43. The molecule has 0 saturated carbocycles. The number of aromatic nitrogens is 1. The summed E-state index contributed by atoms with van der Waals surface area (Å²) in [5.41, 5.74) is 0.756. The van der Waals surface area contributed by atoms with Crippen LogP contribution in [0.25, 0.3) is 0 Å². The fourth-order valence-corrected chi connectivity index (χ4v) is 1.07. The van der Waals surface area contributed by atoms with Gasteiger partial charge in [-0.15, -0.1) is 0 Å². The third-order valence-electron chi connectivity index (χ3n) is 1.76. The summed E-state index contributed by atoms with van der Waals surface area (Å²) in [7, 11) is -1.58. The van der Waals surface area contributed by atoms with Crippen LogP contribution in [-0.2, 0) is 0 Å². The highest BCUT2D eigenvalue weighted by atomic mass is 16.4. The molecule has 1 aromatic heterocycles. The molecular formula is C8H12BNO3. The van der Waals surface area contributed by atoms with E-state index in [0.29, 0.717) is 5.69 Å². The molecule has 1 heterocycles. The van der Waals surface area contributed by atoms with Gasteiger partial charge in [0.25, 0.3) is 0 Å². The van der Waals surface area contributed by atoms with Gasteiger partial charge in [0.1, 0.15) is 5.75 Å². The maximum absolute atomic E-state index is 9.43. The summed E-state index contributed by atoms with van der Waals surface area (Å²) in [6.07, 6.45) is 1.35. The van der Waals surface area contributed by atoms with Crippen molar-refractivity contribution in [3.8, 4) is 5.75 Å². The van der Waals surface area contributed by atoms with E-state index in [0.717, 1.165) is 0 Å². The zero-order valence-electron chi connectivity index (χ0n) is 7.60. The van der Waals surface area contributed by atoms with Crippen molar-refractivity contribution in [3.63, 3.8) is 0 Å². The molecule has 1 rings (SSSR count). The van der Waals surface area contributed by atoms with Crippen molar-refractivity contribution in [1.82, 2.24) is 4.98 Å². The van der Waals surface area contributed by atoms with Crippen LogP contribution in [0.5, 0.6) is 5.75 Å². The largest absolute Gasteiger partial charge is 0.506 e. The summed E-state index contributed by atoms with van der Waals surface area (Å²) in [5.74, 6) is 0.116. The Hall–Kier alpha value is -1.07. The van der Waals surface area contributed by atoms with Crippen molar-refractivity contribution in [2.45, 2.75) is 19.8 Å². The lowest BCUT2D eigenvalue weighted by molar-refractivity contribution is 0.423. The second-order valence-electron chi connectivity index (χ2n) is 3.20. The standard InChI is InChI=1S/C8H12BNO3/c1-5(2)8-7(11)3-6(4-10-8)9(12)13/h3-5,11-13H,1-2H3. The van der Waals surface area contributed by atoms with E-state index in [1.165, 1.54) is 12.3 Å². The van der Waals surface area contributed by atoms with Crippen LogP contribution in [0.4, 0.5) is 0 Å². The van der Waals surface area contributed by atoms with Crippen LogP contribution in [0.3, 0.4) is 0 Å². The second-order valence-corrected chi connectivity index (χ2v) is 3.20. The summed E-state index contributed by atoms with van der Waals surface area (Å²) >= 11 is 0. The van der Waals surface area contributed by atoms with Gasteiger partial charge in [-0.1, -0.05) is 13.8 Å². The third-order valence-corrected chi connectivity index (χ3v) is 1.76. The number of hydrogen-bond acceptors (Lipinski definition) is 4. The van der Waals surface area contributed by atoms with Gasteiger partial charge < -0.3 is 15.2 Å². The molecule has 0 aliphatic rings. The van der Waals surface area contributed by atoms with Gasteiger partial charge >= 0.3 is 7.12 Å². The van der Waals surface area contributed by atoms with Crippen LogP contribution in [0.1, 0.15) is 25.5 Å². The lowest BCUT2D eigenvalue weighted by Gasteiger charge is -2.08. The van der Waals surface area contributed by atoms with Crippen molar-refractivity contribution >= 4 is 12.6 Å². The molecule has 13 heavy (non-hydrogen) atoms. The van der Waals surface area contributed by atoms with Gasteiger partial charge in [-0.25, -0.2) is 0 Å². The van der Waals surface area contributed by atoms with Gasteiger partial charge in [0, 0.05) is 11.7 Å². The first-order valence-electron chi connectivity index (χ1n) is 4.07. The fraction of sp³-hybridized carbons (Fsp3) is 0.375. The van der Waals surface area contributed by atoms with Crippen molar-refractivity contribution < 1.29 is 15.2 Å². The molecule has 0 atom stereocenters. The highest BCUT2D eigenvalue weighted by Gasteiger charge is 2.15. The summed E-state index contributed by atoms with van der Waals surface area (Å²) in [4.78, 5) is 3.93. The SMILES string of the molecule is CC(C)c1ncc(B(O)O)cc1O. The number of nitrogens with zero attached hydrogens (tertiary/aromatic N) is 1. The van der Waals surface area contributed by atoms with Crippen LogP contribution in [0, 0.1) is 0 Å². The van der Waals surface area contributed by atoms with Gasteiger partial charge in [-0.3, -0.25) is 4.98 Å². The van der Waals surface area contributed by atoms with Crippen molar-refractivity contribution in [2.24, 2.45) is 0 Å². The lowest BCUT2D eigenvalue weighted by Crippen LogP contribution is -2.30. The molecule has 0 bridgehead atoms. The van der Waals surface area contributed by atoms with Crippen molar-refractivity contribution in [1.29, 1.82) is 0 Å². The fourth-order valence-electron chi connectivity index (χ4n) is 1.07. The molecule has 0 spiro atoms. The van der Waals surface area contributed by atoms with Crippen LogP contribution in [0.15, 0.2) is 12.3 Å². The minimum Gasteiger partial charge on any atom is -0.506 e. The predicted molar refractivity (Wildman–Crippen MR) is 49.8 cm³/mol. The molecule has 0 radical (unpaired) electrons. The van der Waals surface area contributed by atoms with Gasteiger partial charge in [0.05, 0.1) is 5.69 Å². The molecule has 5 heteroatoms. The molecule has 70 valence electrons. The lowest BCUT2D eigenvalue weighted by atomic mass is 9.81. The van der Waals surface area contributed by atoms with E-state index in [2.05, 4.69) is 4.98 Å². The molecular weight excluding hydrogens is 169 g/mol. The summed E-state index contributed by atoms with van der Waals surface area (Å²) in [6, 6.07) is 1.31. The number of aromatic hydroxyl groups is 1. The average molecular weight is 181 g/mol. The molecule has 0 unspecified atom stereocenters. The Labute approximate surface area is 77.0 Å². The van der Waals surface area contributed by atoms with Gasteiger partial charge in [0.15, 0.2) is 0 Å². The van der Waals surface area contributed by atoms with E-state index < -0.39 is 7.12 Å². The van der Waals surface area contributed by atoms with Gasteiger partial charge in [-0.2, -0.15) is 0 Å². The maximum Gasteiger partial charge on any atom is 0.490 e. The molecule has 4 nitrogen and oxygen atoms in total. The van der Waals surface area contributed by atoms with Crippen LogP contribution in [-0.4, -0.2) is 27.3 Å². The van der Waals surface area contributed by atoms with Crippen LogP contribution >= 0.6 is 0 Å². The highest BCUT2D eigenvalue weighted by molar-refractivity contribution is 6.58. The number of rotatable bonds is 2. The van der Waals surface area contributed by atoms with Crippen LogP contribution in [0.2, 0.25) is 0 Å². The monoisotopic (exact) mass is 181 g/mol. The third kappa shape index (κ3) is 2.20. The summed E-state index contributed by atoms with van der Waals surface area (Å²) in [5, 5.41) is 27.0. The Morgan fingerprint density at radius 1 is 1.38 bits per heavy atom. The smallest absolute Gasteiger partial charge is 0.490 e. The quantitative estimate of drug-likeness (QED) is 0.542. The Morgan fingerprint density at radius 2 is 2.00 bits per heavy atom. The second kappa shape index (κ2) is 3.76. The molecule has 0 aliphatic heterocycles. The Kier molecular flexibility index (Phi) is 2.90. The number of hydrogen-bond donors (Lipinski definition) is 3. The minimum absolute atomic E-state index is 0.000556. The summed E-state index contributed by atoms with van der Waals surface area (Å²) in [6.45, 7) is 3.80. The first-order chi connectivity index (χ1) is 6.02. The predicted octanol–water partition coefficient (Wildman–Crippen LogP) is -0.410. The molecule has 0 amide bonds. The Bertz CT molecular complexity index is 301. The highest BCUT2D eigenvalue weighted by Crippen LogP contribution is 2.20. The van der Waals surface area contributed by atoms with E-state index in [1.54, 1.807) is 0 Å². The molecule has 0 aromatic carbocycles. The van der Waals surface area contributed by atoms with E-state index in [-0.39, 0.29) is 17.1 Å². The van der Waals surface area contributed by atoms with Crippen molar-refractivity contribution in [3.05, 3.63) is 18.0 Å². The van der Waals surface area contributed by atoms with Crippen LogP contribution < -0.4 is 5.46 Å². The summed E-state index contributed by atoms with van der Waals surface area (Å²) < 4.78 is 0. The molecule has 3 N–H and O–H groups in total.